The molecule has 2 heterocycles. The van der Waals surface area contributed by atoms with Gasteiger partial charge in [-0.15, -0.1) is 0 Å². The van der Waals surface area contributed by atoms with Gasteiger partial charge in [-0.1, -0.05) is 0 Å². The molecule has 0 unspecified atom stereocenters. The Morgan fingerprint density at radius 3 is 2.89 bits per heavy atom. The lowest BCUT2D eigenvalue weighted by atomic mass is 10.2. The standard InChI is InChI=1S/C14H18N4/c1-10-11(2)18(9-17-10)14-8-15-6-5-12(14)7-16-13-3-4-13/h5-6,8-9,13,16H,3-4,7H2,1-2H3. The average molecular weight is 242 g/mol. The van der Waals surface area contributed by atoms with Crippen LogP contribution in [0.4, 0.5) is 0 Å². The van der Waals surface area contributed by atoms with Gasteiger partial charge in [-0.05, 0) is 38.3 Å². The van der Waals surface area contributed by atoms with E-state index in [0.29, 0.717) is 0 Å². The summed E-state index contributed by atoms with van der Waals surface area (Å²) in [6, 6.07) is 2.80. The van der Waals surface area contributed by atoms with Crippen LogP contribution < -0.4 is 5.32 Å². The van der Waals surface area contributed by atoms with E-state index < -0.39 is 0 Å². The highest BCUT2D eigenvalue weighted by molar-refractivity contribution is 5.40. The van der Waals surface area contributed by atoms with Gasteiger partial charge in [0.05, 0.1) is 23.9 Å². The predicted octanol–water partition coefficient (Wildman–Crippen LogP) is 2.14. The van der Waals surface area contributed by atoms with Gasteiger partial charge < -0.3 is 9.88 Å². The molecule has 0 saturated heterocycles. The molecule has 94 valence electrons. The summed E-state index contributed by atoms with van der Waals surface area (Å²) in [4.78, 5) is 8.59. The summed E-state index contributed by atoms with van der Waals surface area (Å²) in [6.07, 6.45) is 8.26. The van der Waals surface area contributed by atoms with Crippen molar-refractivity contribution in [2.24, 2.45) is 0 Å². The third-order valence-electron chi connectivity index (χ3n) is 3.56. The fraction of sp³-hybridized carbons (Fsp3) is 0.429. The summed E-state index contributed by atoms with van der Waals surface area (Å²) in [5.41, 5.74) is 4.65. The maximum atomic E-state index is 4.36. The molecule has 0 radical (unpaired) electrons. The van der Waals surface area contributed by atoms with E-state index in [1.165, 1.54) is 24.1 Å². The molecule has 4 nitrogen and oxygen atoms in total. The van der Waals surface area contributed by atoms with Crippen molar-refractivity contribution in [2.75, 3.05) is 0 Å². The topological polar surface area (TPSA) is 42.7 Å². The molecule has 1 N–H and O–H groups in total. The van der Waals surface area contributed by atoms with Gasteiger partial charge in [0.2, 0.25) is 0 Å². The summed E-state index contributed by atoms with van der Waals surface area (Å²) in [5, 5.41) is 3.55. The fourth-order valence-corrected chi connectivity index (χ4v) is 2.06. The van der Waals surface area contributed by atoms with Crippen molar-refractivity contribution in [3.63, 3.8) is 0 Å². The quantitative estimate of drug-likeness (QED) is 0.893. The minimum atomic E-state index is 0.719. The first-order valence-electron chi connectivity index (χ1n) is 6.43. The van der Waals surface area contributed by atoms with Gasteiger partial charge in [-0.25, -0.2) is 4.98 Å². The molecular weight excluding hydrogens is 224 g/mol. The summed E-state index contributed by atoms with van der Waals surface area (Å²) in [6.45, 7) is 5.02. The van der Waals surface area contributed by atoms with Crippen LogP contribution in [0.1, 0.15) is 29.8 Å². The van der Waals surface area contributed by atoms with Gasteiger partial charge in [-0.2, -0.15) is 0 Å². The van der Waals surface area contributed by atoms with Crippen LogP contribution in [0, 0.1) is 13.8 Å². The van der Waals surface area contributed by atoms with Crippen LogP contribution >= 0.6 is 0 Å². The highest BCUT2D eigenvalue weighted by Gasteiger charge is 2.20. The molecule has 0 aliphatic heterocycles. The van der Waals surface area contributed by atoms with Crippen LogP contribution in [-0.2, 0) is 6.54 Å². The Kier molecular flexibility index (Phi) is 2.88. The van der Waals surface area contributed by atoms with E-state index in [4.69, 9.17) is 0 Å². The van der Waals surface area contributed by atoms with Crippen molar-refractivity contribution in [2.45, 2.75) is 39.3 Å². The number of nitrogens with zero attached hydrogens (tertiary/aromatic N) is 3. The fourth-order valence-electron chi connectivity index (χ4n) is 2.06. The van der Waals surface area contributed by atoms with Crippen molar-refractivity contribution < 1.29 is 0 Å². The van der Waals surface area contributed by atoms with Crippen LogP contribution in [0.5, 0.6) is 0 Å². The molecule has 1 aliphatic carbocycles. The van der Waals surface area contributed by atoms with Gasteiger partial charge in [-0.3, -0.25) is 4.98 Å². The van der Waals surface area contributed by atoms with E-state index in [-0.39, 0.29) is 0 Å². The van der Waals surface area contributed by atoms with Crippen molar-refractivity contribution >= 4 is 0 Å². The first kappa shape index (κ1) is 11.4. The molecule has 0 aromatic carbocycles. The largest absolute Gasteiger partial charge is 0.310 e. The number of pyridine rings is 1. The minimum Gasteiger partial charge on any atom is -0.310 e. The molecule has 0 atom stereocenters. The second kappa shape index (κ2) is 4.53. The highest BCUT2D eigenvalue weighted by Crippen LogP contribution is 2.21. The van der Waals surface area contributed by atoms with Crippen molar-refractivity contribution in [1.82, 2.24) is 19.9 Å². The zero-order valence-electron chi connectivity index (χ0n) is 10.8. The second-order valence-corrected chi connectivity index (χ2v) is 4.94. The molecule has 0 bridgehead atoms. The third kappa shape index (κ3) is 2.16. The lowest BCUT2D eigenvalue weighted by molar-refractivity contribution is 0.683. The molecule has 1 fully saturated rings. The molecule has 0 amide bonds. The normalized spacial score (nSPS) is 15.0. The molecule has 0 spiro atoms. The maximum absolute atomic E-state index is 4.36. The van der Waals surface area contributed by atoms with Crippen LogP contribution in [0.2, 0.25) is 0 Å². The lowest BCUT2D eigenvalue weighted by Crippen LogP contribution is -2.17. The predicted molar refractivity (Wildman–Crippen MR) is 70.7 cm³/mol. The summed E-state index contributed by atoms with van der Waals surface area (Å²) in [5.74, 6) is 0. The smallest absolute Gasteiger partial charge is 0.0998 e. The summed E-state index contributed by atoms with van der Waals surface area (Å²) in [7, 11) is 0. The number of hydrogen-bond donors (Lipinski definition) is 1. The van der Waals surface area contributed by atoms with E-state index >= 15 is 0 Å². The molecule has 1 aliphatic rings. The Balaban J connectivity index is 1.92. The highest BCUT2D eigenvalue weighted by atomic mass is 15.1. The molecule has 2 aromatic heterocycles. The van der Waals surface area contributed by atoms with Gasteiger partial charge in [0.25, 0.3) is 0 Å². The van der Waals surface area contributed by atoms with Gasteiger partial charge >= 0.3 is 0 Å². The van der Waals surface area contributed by atoms with E-state index in [1.54, 1.807) is 0 Å². The number of aromatic nitrogens is 3. The first-order valence-corrected chi connectivity index (χ1v) is 6.43. The lowest BCUT2D eigenvalue weighted by Gasteiger charge is -2.12. The average Bonchev–Trinajstić information content (AvgIpc) is 3.16. The Morgan fingerprint density at radius 1 is 1.39 bits per heavy atom. The number of imidazole rings is 1. The molecular formula is C14H18N4. The molecule has 2 aromatic rings. The van der Waals surface area contributed by atoms with E-state index in [9.17, 15) is 0 Å². The van der Waals surface area contributed by atoms with Gasteiger partial charge in [0, 0.05) is 24.5 Å². The monoisotopic (exact) mass is 242 g/mol. The Hall–Kier alpha value is -1.68. The van der Waals surface area contributed by atoms with Crippen molar-refractivity contribution in [1.29, 1.82) is 0 Å². The minimum absolute atomic E-state index is 0.719. The van der Waals surface area contributed by atoms with E-state index in [2.05, 4.69) is 32.8 Å². The van der Waals surface area contributed by atoms with Crippen molar-refractivity contribution in [3.05, 3.63) is 41.7 Å². The summed E-state index contributed by atoms with van der Waals surface area (Å²) < 4.78 is 2.12. The van der Waals surface area contributed by atoms with Crippen LogP contribution in [-0.4, -0.2) is 20.6 Å². The zero-order valence-corrected chi connectivity index (χ0v) is 10.8. The van der Waals surface area contributed by atoms with E-state index in [1.807, 2.05) is 25.6 Å². The SMILES string of the molecule is Cc1ncn(-c2cnccc2CNC2CC2)c1C. The summed E-state index contributed by atoms with van der Waals surface area (Å²) >= 11 is 0. The van der Waals surface area contributed by atoms with Gasteiger partial charge in [0.1, 0.15) is 0 Å². The molecule has 3 rings (SSSR count). The molecule has 1 saturated carbocycles. The van der Waals surface area contributed by atoms with E-state index in [0.717, 1.165) is 24.0 Å². The van der Waals surface area contributed by atoms with Gasteiger partial charge in [0.15, 0.2) is 0 Å². The number of nitrogens with one attached hydrogen (secondary N) is 1. The van der Waals surface area contributed by atoms with Crippen LogP contribution in [0.15, 0.2) is 24.8 Å². The zero-order chi connectivity index (χ0) is 12.5. The Labute approximate surface area is 107 Å². The van der Waals surface area contributed by atoms with Crippen LogP contribution in [0.25, 0.3) is 5.69 Å². The maximum Gasteiger partial charge on any atom is 0.0998 e. The molecule has 4 heteroatoms. The van der Waals surface area contributed by atoms with Crippen LogP contribution in [0.3, 0.4) is 0 Å². The third-order valence-corrected chi connectivity index (χ3v) is 3.56. The Morgan fingerprint density at radius 2 is 2.22 bits per heavy atom. The first-order chi connectivity index (χ1) is 8.75. The number of rotatable bonds is 4. The van der Waals surface area contributed by atoms with Crippen molar-refractivity contribution in [3.8, 4) is 5.69 Å². The second-order valence-electron chi connectivity index (χ2n) is 4.94. The number of aryl methyl sites for hydroxylation is 1. The number of hydrogen-bond acceptors (Lipinski definition) is 3. The molecule has 18 heavy (non-hydrogen) atoms. The Bertz CT molecular complexity index is 555.